The molecule has 0 spiro atoms. The molecule has 1 fully saturated rings. The maximum atomic E-state index is 15.2. The second-order valence-electron chi connectivity index (χ2n) is 9.40. The van der Waals surface area contributed by atoms with Crippen LogP contribution in [0.1, 0.15) is 56.1 Å². The number of halogens is 1. The van der Waals surface area contributed by atoms with Gasteiger partial charge in [-0.1, -0.05) is 74.4 Å². The number of carbonyl (C=O) groups excluding carboxylic acids is 1. The minimum absolute atomic E-state index is 0.0592. The first-order valence-corrected chi connectivity index (χ1v) is 12.6. The third-order valence-electron chi connectivity index (χ3n) is 6.76. The van der Waals surface area contributed by atoms with E-state index < -0.39 is 5.97 Å². The summed E-state index contributed by atoms with van der Waals surface area (Å²) < 4.78 is 26.0. The lowest BCUT2D eigenvalue weighted by Crippen LogP contribution is -2.13. The molecule has 5 heteroatoms. The lowest BCUT2D eigenvalue weighted by atomic mass is 9.83. The summed E-state index contributed by atoms with van der Waals surface area (Å²) in [6.45, 7) is 5.10. The van der Waals surface area contributed by atoms with Crippen molar-refractivity contribution in [1.29, 1.82) is 0 Å². The predicted molar refractivity (Wildman–Crippen MR) is 140 cm³/mol. The third-order valence-corrected chi connectivity index (χ3v) is 6.76. The normalized spacial score (nSPS) is 13.9. The zero-order valence-corrected chi connectivity index (χ0v) is 20.8. The molecule has 0 amide bonds. The Labute approximate surface area is 212 Å². The monoisotopic (exact) mass is 488 g/mol. The first-order valence-electron chi connectivity index (χ1n) is 12.6. The van der Waals surface area contributed by atoms with Crippen molar-refractivity contribution in [3.63, 3.8) is 0 Å². The maximum absolute atomic E-state index is 15.2. The molecule has 188 valence electrons. The molecular weight excluding hydrogens is 455 g/mol. The van der Waals surface area contributed by atoms with E-state index in [4.69, 9.17) is 9.47 Å². The van der Waals surface area contributed by atoms with E-state index in [0.717, 1.165) is 11.1 Å². The second kappa shape index (κ2) is 12.0. The van der Waals surface area contributed by atoms with E-state index in [0.29, 0.717) is 33.9 Å². The lowest BCUT2D eigenvalue weighted by molar-refractivity contribution is -0.139. The number of rotatable bonds is 9. The van der Waals surface area contributed by atoms with Crippen LogP contribution in [-0.4, -0.2) is 24.3 Å². The largest absolute Gasteiger partial charge is 0.490 e. The van der Waals surface area contributed by atoms with E-state index in [1.54, 1.807) is 25.1 Å². The van der Waals surface area contributed by atoms with Crippen LogP contribution in [0.5, 0.6) is 5.75 Å². The molecule has 0 radical (unpaired) electrons. The third kappa shape index (κ3) is 6.21. The molecule has 4 nitrogen and oxygen atoms in total. The van der Waals surface area contributed by atoms with Crippen LogP contribution >= 0.6 is 0 Å². The number of ether oxygens (including phenoxy) is 2. The van der Waals surface area contributed by atoms with Crippen molar-refractivity contribution in [3.8, 4) is 28.0 Å². The highest BCUT2D eigenvalue weighted by atomic mass is 19.1. The Hall–Kier alpha value is -3.44. The average molecular weight is 489 g/mol. The minimum atomic E-state index is -0.478. The van der Waals surface area contributed by atoms with Crippen LogP contribution in [0, 0.1) is 5.82 Å². The summed E-state index contributed by atoms with van der Waals surface area (Å²) >= 11 is 0. The Balaban J connectivity index is 1.48. The van der Waals surface area contributed by atoms with Crippen LogP contribution in [0.4, 0.5) is 4.39 Å². The number of esters is 1. The van der Waals surface area contributed by atoms with Crippen molar-refractivity contribution in [1.82, 2.24) is 0 Å². The van der Waals surface area contributed by atoms with E-state index in [2.05, 4.69) is 18.7 Å². The van der Waals surface area contributed by atoms with Crippen LogP contribution in [0.3, 0.4) is 0 Å². The summed E-state index contributed by atoms with van der Waals surface area (Å²) in [4.78, 5) is 11.5. The zero-order chi connectivity index (χ0) is 25.5. The number of aliphatic hydroxyl groups is 1. The summed E-state index contributed by atoms with van der Waals surface area (Å²) in [6.07, 6.45) is 6.38. The summed E-state index contributed by atoms with van der Waals surface area (Å²) in [5, 5.41) is 9.67. The molecule has 0 heterocycles. The molecule has 0 unspecified atom stereocenters. The van der Waals surface area contributed by atoms with Crippen molar-refractivity contribution in [2.75, 3.05) is 13.2 Å². The quantitative estimate of drug-likeness (QED) is 0.197. The number of hydrogen-bond acceptors (Lipinski definition) is 4. The topological polar surface area (TPSA) is 55.8 Å². The molecule has 0 bridgehead atoms. The molecule has 1 aliphatic carbocycles. The Morgan fingerprint density at radius 1 is 0.944 bits per heavy atom. The van der Waals surface area contributed by atoms with Gasteiger partial charge in [0.1, 0.15) is 24.8 Å². The van der Waals surface area contributed by atoms with Crippen LogP contribution in [-0.2, 0) is 16.1 Å². The van der Waals surface area contributed by atoms with Gasteiger partial charge in [0.25, 0.3) is 0 Å². The molecule has 1 N–H and O–H groups in total. The van der Waals surface area contributed by atoms with E-state index in [9.17, 15) is 9.90 Å². The van der Waals surface area contributed by atoms with Gasteiger partial charge in [-0.3, -0.25) is 0 Å². The Kier molecular flexibility index (Phi) is 8.55. The number of carbonyl (C=O) groups is 1. The van der Waals surface area contributed by atoms with Crippen molar-refractivity contribution in [2.24, 2.45) is 0 Å². The van der Waals surface area contributed by atoms with Gasteiger partial charge in [-0.25, -0.2) is 9.18 Å². The smallest absolute Gasteiger partial charge is 0.333 e. The highest BCUT2D eigenvalue weighted by Crippen LogP contribution is 2.35. The van der Waals surface area contributed by atoms with Crippen molar-refractivity contribution >= 4 is 5.97 Å². The summed E-state index contributed by atoms with van der Waals surface area (Å²) in [7, 11) is 0. The van der Waals surface area contributed by atoms with E-state index >= 15 is 4.39 Å². The highest BCUT2D eigenvalue weighted by Gasteiger charge is 2.16. The van der Waals surface area contributed by atoms with Gasteiger partial charge in [0.05, 0.1) is 6.61 Å². The van der Waals surface area contributed by atoms with Crippen molar-refractivity contribution < 1.29 is 23.8 Å². The summed E-state index contributed by atoms with van der Waals surface area (Å²) in [6, 6.07) is 18.9. The Morgan fingerprint density at radius 3 is 2.28 bits per heavy atom. The average Bonchev–Trinajstić information content (AvgIpc) is 2.91. The molecule has 3 aromatic rings. The van der Waals surface area contributed by atoms with Gasteiger partial charge < -0.3 is 14.6 Å². The molecule has 1 saturated carbocycles. The van der Waals surface area contributed by atoms with Gasteiger partial charge in [-0.15, -0.1) is 0 Å². The Morgan fingerprint density at radius 2 is 1.61 bits per heavy atom. The van der Waals surface area contributed by atoms with Gasteiger partial charge in [-0.2, -0.15) is 0 Å². The standard InChI is InChI=1S/C31H33FO4/c1-21(2)31(34)36-17-16-35-30-19-26(12-13-27(30)20-33)25-14-15-28(29(32)18-25)24-10-8-23(9-11-24)22-6-4-3-5-7-22/h8-15,18-19,22,33H,1,3-7,16-17,20H2,2H3. The molecule has 0 saturated heterocycles. The molecular formula is C31H33FO4. The van der Waals surface area contributed by atoms with Crippen LogP contribution in [0.15, 0.2) is 72.8 Å². The fraction of sp³-hybridized carbons (Fsp3) is 0.323. The highest BCUT2D eigenvalue weighted by molar-refractivity contribution is 5.86. The van der Waals surface area contributed by atoms with E-state index in [-0.39, 0.29) is 25.6 Å². The number of aliphatic hydroxyl groups excluding tert-OH is 1. The Bertz CT molecular complexity index is 1210. The predicted octanol–water partition coefficient (Wildman–Crippen LogP) is 7.20. The number of benzene rings is 3. The SMILES string of the molecule is C=C(C)C(=O)OCCOc1cc(-c2ccc(-c3ccc(C4CCCCC4)cc3)c(F)c2)ccc1CO. The summed E-state index contributed by atoms with van der Waals surface area (Å²) in [5.41, 5.74) is 5.16. The summed E-state index contributed by atoms with van der Waals surface area (Å²) in [5.74, 6) is 0.313. The van der Waals surface area contributed by atoms with E-state index in [1.165, 1.54) is 43.7 Å². The van der Waals surface area contributed by atoms with Gasteiger partial charge in [0.2, 0.25) is 0 Å². The van der Waals surface area contributed by atoms with Gasteiger partial charge >= 0.3 is 5.97 Å². The first-order chi connectivity index (χ1) is 17.5. The molecule has 36 heavy (non-hydrogen) atoms. The van der Waals surface area contributed by atoms with Crippen molar-refractivity contribution in [2.45, 2.75) is 51.6 Å². The molecule has 0 aliphatic heterocycles. The molecule has 3 aromatic carbocycles. The van der Waals surface area contributed by atoms with Crippen LogP contribution in [0.25, 0.3) is 22.3 Å². The fourth-order valence-corrected chi connectivity index (χ4v) is 4.71. The van der Waals surface area contributed by atoms with E-state index in [1.807, 2.05) is 24.3 Å². The van der Waals surface area contributed by atoms with Gasteiger partial charge in [0.15, 0.2) is 0 Å². The second-order valence-corrected chi connectivity index (χ2v) is 9.40. The minimum Gasteiger partial charge on any atom is -0.490 e. The van der Waals surface area contributed by atoms with Crippen LogP contribution in [0.2, 0.25) is 0 Å². The fourth-order valence-electron chi connectivity index (χ4n) is 4.71. The zero-order valence-electron chi connectivity index (χ0n) is 20.8. The first kappa shape index (κ1) is 25.6. The molecule has 1 aliphatic rings. The molecule has 0 atom stereocenters. The molecule has 4 rings (SSSR count). The van der Waals surface area contributed by atoms with Crippen molar-refractivity contribution in [3.05, 3.63) is 89.8 Å². The maximum Gasteiger partial charge on any atom is 0.333 e. The van der Waals surface area contributed by atoms with Crippen LogP contribution < -0.4 is 4.74 Å². The molecule has 0 aromatic heterocycles. The van der Waals surface area contributed by atoms with Gasteiger partial charge in [-0.05, 0) is 60.1 Å². The lowest BCUT2D eigenvalue weighted by Gasteiger charge is -2.22. The number of hydrogen-bond donors (Lipinski definition) is 1. The van der Waals surface area contributed by atoms with Gasteiger partial charge in [0, 0.05) is 16.7 Å².